The van der Waals surface area contributed by atoms with Crippen molar-refractivity contribution in [2.75, 3.05) is 0 Å². The van der Waals surface area contributed by atoms with E-state index in [0.29, 0.717) is 16.9 Å². The Hall–Kier alpha value is -1.65. The van der Waals surface area contributed by atoms with Crippen molar-refractivity contribution < 1.29 is 0 Å². The van der Waals surface area contributed by atoms with Crippen molar-refractivity contribution in [1.29, 1.82) is 0 Å². The first-order valence-electron chi connectivity index (χ1n) is 4.66. The lowest BCUT2D eigenvalue weighted by atomic mass is 10.2. The molecule has 0 amide bonds. The van der Waals surface area contributed by atoms with Crippen molar-refractivity contribution in [3.05, 3.63) is 21.9 Å². The van der Waals surface area contributed by atoms with Crippen molar-refractivity contribution >= 4 is 11.0 Å². The molecule has 0 bridgehead atoms. The number of hydrogen-bond acceptors (Lipinski definition) is 3. The summed E-state index contributed by atoms with van der Waals surface area (Å²) in [5.74, 6) is 0.626. The Morgan fingerprint density at radius 2 is 2.14 bits per heavy atom. The Balaban J connectivity index is 2.72. The fraction of sp³-hybridized carbons (Fsp3) is 0.444. The highest BCUT2D eigenvalue weighted by atomic mass is 16.1. The van der Waals surface area contributed by atoms with Gasteiger partial charge in [-0.25, -0.2) is 4.98 Å². The molecule has 0 aliphatic carbocycles. The minimum Gasteiger partial charge on any atom is -0.309 e. The maximum absolute atomic E-state index is 11.4. The van der Waals surface area contributed by atoms with Crippen LogP contribution in [0.4, 0.5) is 0 Å². The number of hydrogen-bond donors (Lipinski definition) is 2. The molecule has 0 unspecified atom stereocenters. The molecule has 2 aromatic rings. The van der Waals surface area contributed by atoms with E-state index in [0.717, 1.165) is 18.5 Å². The molecule has 0 aliphatic rings. The molecule has 5 heteroatoms. The molecule has 0 fully saturated rings. The monoisotopic (exact) mass is 192 g/mol. The van der Waals surface area contributed by atoms with Gasteiger partial charge in [-0.15, -0.1) is 0 Å². The van der Waals surface area contributed by atoms with Gasteiger partial charge in [0.1, 0.15) is 11.3 Å². The summed E-state index contributed by atoms with van der Waals surface area (Å²) in [6.45, 7) is 3.84. The fourth-order valence-electron chi connectivity index (χ4n) is 1.49. The van der Waals surface area contributed by atoms with Gasteiger partial charge in [0.25, 0.3) is 5.56 Å². The zero-order valence-electron chi connectivity index (χ0n) is 8.22. The summed E-state index contributed by atoms with van der Waals surface area (Å²) in [6, 6.07) is 0. The number of aromatic nitrogens is 4. The molecule has 0 radical (unpaired) electrons. The van der Waals surface area contributed by atoms with Crippen LogP contribution >= 0.6 is 0 Å². The Morgan fingerprint density at radius 3 is 2.86 bits per heavy atom. The van der Waals surface area contributed by atoms with Crippen molar-refractivity contribution in [2.45, 2.75) is 26.7 Å². The number of aromatic amines is 2. The molecule has 2 rings (SSSR count). The van der Waals surface area contributed by atoms with E-state index < -0.39 is 0 Å². The molecule has 14 heavy (non-hydrogen) atoms. The van der Waals surface area contributed by atoms with Gasteiger partial charge in [0.2, 0.25) is 0 Å². The molecular weight excluding hydrogens is 180 g/mol. The smallest absolute Gasteiger partial charge is 0.279 e. The van der Waals surface area contributed by atoms with E-state index in [-0.39, 0.29) is 5.56 Å². The van der Waals surface area contributed by atoms with Crippen LogP contribution in [0.25, 0.3) is 11.0 Å². The Morgan fingerprint density at radius 1 is 1.36 bits per heavy atom. The van der Waals surface area contributed by atoms with E-state index in [1.165, 1.54) is 0 Å². The quantitative estimate of drug-likeness (QED) is 0.742. The van der Waals surface area contributed by atoms with Gasteiger partial charge in [-0.2, -0.15) is 5.10 Å². The van der Waals surface area contributed by atoms with Gasteiger partial charge in [-0.3, -0.25) is 9.89 Å². The van der Waals surface area contributed by atoms with Crippen LogP contribution in [-0.4, -0.2) is 20.2 Å². The minimum atomic E-state index is -0.175. The lowest BCUT2D eigenvalue weighted by Crippen LogP contribution is -2.09. The van der Waals surface area contributed by atoms with Crippen LogP contribution in [0, 0.1) is 6.92 Å². The molecule has 0 aliphatic heterocycles. The Labute approximate surface area is 80.6 Å². The van der Waals surface area contributed by atoms with Crippen LogP contribution in [-0.2, 0) is 6.42 Å². The average molecular weight is 192 g/mol. The normalized spacial score (nSPS) is 11.0. The van der Waals surface area contributed by atoms with Crippen LogP contribution in [0.3, 0.4) is 0 Å². The van der Waals surface area contributed by atoms with Gasteiger partial charge in [0.05, 0.1) is 5.69 Å². The van der Waals surface area contributed by atoms with Crippen LogP contribution in [0.1, 0.15) is 24.9 Å². The summed E-state index contributed by atoms with van der Waals surface area (Å²) in [6.07, 6.45) is 1.87. The van der Waals surface area contributed by atoms with Crippen LogP contribution in [0.2, 0.25) is 0 Å². The third kappa shape index (κ3) is 1.30. The van der Waals surface area contributed by atoms with Crippen LogP contribution < -0.4 is 5.56 Å². The first-order chi connectivity index (χ1) is 6.72. The predicted molar refractivity (Wildman–Crippen MR) is 53.2 cm³/mol. The molecule has 0 atom stereocenters. The summed E-state index contributed by atoms with van der Waals surface area (Å²) in [5.41, 5.74) is 1.87. The Kier molecular flexibility index (Phi) is 2.07. The van der Waals surface area contributed by atoms with Crippen LogP contribution in [0.15, 0.2) is 4.79 Å². The molecule has 2 N–H and O–H groups in total. The fourth-order valence-corrected chi connectivity index (χ4v) is 1.49. The predicted octanol–water partition coefficient (Wildman–Crippen LogP) is 0.907. The second-order valence-electron chi connectivity index (χ2n) is 3.30. The third-order valence-electron chi connectivity index (χ3n) is 2.10. The first kappa shape index (κ1) is 8.93. The minimum absolute atomic E-state index is 0.175. The maximum atomic E-state index is 11.4. The molecule has 0 saturated carbocycles. The van der Waals surface area contributed by atoms with Gasteiger partial charge in [-0.05, 0) is 13.3 Å². The largest absolute Gasteiger partial charge is 0.309 e. The number of H-pyrrole nitrogens is 2. The van der Waals surface area contributed by atoms with Gasteiger partial charge in [0, 0.05) is 0 Å². The summed E-state index contributed by atoms with van der Waals surface area (Å²) < 4.78 is 0. The molecule has 5 nitrogen and oxygen atoms in total. The standard InChI is InChI=1S/C9H12N4O/c1-3-4-6-7-8(13-12-6)9(14)11-5(2)10-7/h3-4H2,1-2H3,(H,12,13)(H,10,11,14). The lowest BCUT2D eigenvalue weighted by molar-refractivity contribution is 0.871. The Bertz CT molecular complexity index is 511. The zero-order chi connectivity index (χ0) is 10.1. The van der Waals surface area contributed by atoms with Crippen molar-refractivity contribution in [3.63, 3.8) is 0 Å². The molecule has 74 valence electrons. The summed E-state index contributed by atoms with van der Waals surface area (Å²) >= 11 is 0. The number of nitrogens with zero attached hydrogens (tertiary/aromatic N) is 2. The van der Waals surface area contributed by atoms with E-state index in [9.17, 15) is 4.79 Å². The van der Waals surface area contributed by atoms with E-state index in [1.807, 2.05) is 0 Å². The second-order valence-corrected chi connectivity index (χ2v) is 3.30. The highest BCUT2D eigenvalue weighted by Gasteiger charge is 2.09. The highest BCUT2D eigenvalue weighted by molar-refractivity contribution is 5.75. The SMILES string of the molecule is CCCc1[nH]nc2c(=O)[nH]c(C)nc12. The molecule has 2 heterocycles. The molecule has 0 aromatic carbocycles. The van der Waals surface area contributed by atoms with Crippen molar-refractivity contribution in [2.24, 2.45) is 0 Å². The lowest BCUT2D eigenvalue weighted by Gasteiger charge is -1.94. The van der Waals surface area contributed by atoms with Gasteiger partial charge in [0.15, 0.2) is 5.52 Å². The highest BCUT2D eigenvalue weighted by Crippen LogP contribution is 2.10. The summed E-state index contributed by atoms with van der Waals surface area (Å²) in [7, 11) is 0. The van der Waals surface area contributed by atoms with Gasteiger partial charge in [-0.1, -0.05) is 13.3 Å². The van der Waals surface area contributed by atoms with Gasteiger partial charge >= 0.3 is 0 Å². The van der Waals surface area contributed by atoms with E-state index >= 15 is 0 Å². The van der Waals surface area contributed by atoms with Crippen molar-refractivity contribution in [3.8, 4) is 0 Å². The molecular formula is C9H12N4O. The van der Waals surface area contributed by atoms with E-state index in [2.05, 4.69) is 27.1 Å². The number of nitrogens with one attached hydrogen (secondary N) is 2. The zero-order valence-corrected chi connectivity index (χ0v) is 8.22. The number of fused-ring (bicyclic) bond motifs is 1. The van der Waals surface area contributed by atoms with Crippen molar-refractivity contribution in [1.82, 2.24) is 20.2 Å². The second kappa shape index (κ2) is 3.25. The molecule has 0 saturated heterocycles. The first-order valence-corrected chi connectivity index (χ1v) is 4.66. The topological polar surface area (TPSA) is 74.4 Å². The van der Waals surface area contributed by atoms with E-state index in [1.54, 1.807) is 6.92 Å². The van der Waals surface area contributed by atoms with E-state index in [4.69, 9.17) is 0 Å². The summed E-state index contributed by atoms with van der Waals surface area (Å²) in [4.78, 5) is 18.3. The molecule has 0 spiro atoms. The maximum Gasteiger partial charge on any atom is 0.279 e. The van der Waals surface area contributed by atoms with Crippen LogP contribution in [0.5, 0.6) is 0 Å². The number of aryl methyl sites for hydroxylation is 2. The number of rotatable bonds is 2. The third-order valence-corrected chi connectivity index (χ3v) is 2.10. The summed E-state index contributed by atoms with van der Waals surface area (Å²) in [5, 5.41) is 6.80. The van der Waals surface area contributed by atoms with Gasteiger partial charge < -0.3 is 4.98 Å². The average Bonchev–Trinajstić information content (AvgIpc) is 2.49. The molecule has 2 aromatic heterocycles.